The maximum absolute atomic E-state index is 10.8. The minimum atomic E-state index is -4.67. The van der Waals surface area contributed by atoms with E-state index in [4.69, 9.17) is 33.1 Å². The molecule has 9 nitrogen and oxygen atoms in total. The molecule has 5 N–H and O–H groups in total. The van der Waals surface area contributed by atoms with E-state index in [1.807, 2.05) is 0 Å². The molecule has 0 aliphatic carbocycles. The van der Waals surface area contributed by atoms with Crippen LogP contribution in [0.25, 0.3) is 0 Å². The second-order valence-electron chi connectivity index (χ2n) is 3.43. The Morgan fingerprint density at radius 3 is 2.15 bits per heavy atom. The number of thiol groups is 1. The standard InChI is InChI=1S/C9H13NO4S.H2O4S/c1-14-8-3-2-6(4-7(8)10)9(5-11)15(12)13;1-5(2,3)4/h2-4,9,11,15H,5,10H2,1H3;(H2,1,2,3,4). The van der Waals surface area contributed by atoms with Crippen LogP contribution in [0, 0.1) is 0 Å². The molecule has 1 aromatic rings. The Balaban J connectivity index is 0.000000621. The van der Waals surface area contributed by atoms with Crippen molar-refractivity contribution < 1.29 is 35.8 Å². The summed E-state index contributed by atoms with van der Waals surface area (Å²) in [5, 5.41) is 8.00. The van der Waals surface area contributed by atoms with E-state index in [9.17, 15) is 8.42 Å². The van der Waals surface area contributed by atoms with Gasteiger partial charge < -0.3 is 15.6 Å². The first kappa shape index (κ1) is 18.6. The highest BCUT2D eigenvalue weighted by Crippen LogP contribution is 2.26. The smallest absolute Gasteiger partial charge is 0.394 e. The zero-order valence-corrected chi connectivity index (χ0v) is 12.0. The Kier molecular flexibility index (Phi) is 7.45. The average Bonchev–Trinajstić information content (AvgIpc) is 2.27. The average molecular weight is 329 g/mol. The SMILES string of the molecule is COc1ccc(C(CO)[SH](=O)=O)cc1N.O=S(=O)(O)O. The highest BCUT2D eigenvalue weighted by atomic mass is 32.3. The molecule has 0 spiro atoms. The van der Waals surface area contributed by atoms with Crippen molar-refractivity contribution in [3.8, 4) is 5.75 Å². The van der Waals surface area contributed by atoms with Crippen LogP contribution < -0.4 is 10.5 Å². The zero-order valence-electron chi connectivity index (χ0n) is 10.3. The molecule has 0 bridgehead atoms. The number of anilines is 1. The second-order valence-corrected chi connectivity index (χ2v) is 5.52. The van der Waals surface area contributed by atoms with Crippen molar-refractivity contribution in [1.82, 2.24) is 0 Å². The molecular formula is C9H15NO8S2. The third-order valence-electron chi connectivity index (χ3n) is 2.07. The van der Waals surface area contributed by atoms with Crippen molar-refractivity contribution in [2.45, 2.75) is 5.25 Å². The summed E-state index contributed by atoms with van der Waals surface area (Å²) in [5.41, 5.74) is 6.44. The number of aliphatic hydroxyl groups excluding tert-OH is 1. The van der Waals surface area contributed by atoms with E-state index in [1.54, 1.807) is 12.1 Å². The summed E-state index contributed by atoms with van der Waals surface area (Å²) in [7, 11) is -5.90. The number of aliphatic hydroxyl groups is 1. The number of hydrogen-bond donors (Lipinski definition) is 5. The fraction of sp³-hybridized carbons (Fsp3) is 0.333. The highest BCUT2D eigenvalue weighted by molar-refractivity contribution is 7.79. The predicted molar refractivity (Wildman–Crippen MR) is 71.7 cm³/mol. The van der Waals surface area contributed by atoms with Gasteiger partial charge in [0.1, 0.15) is 21.7 Å². The predicted octanol–water partition coefficient (Wildman–Crippen LogP) is -0.731. The van der Waals surface area contributed by atoms with Gasteiger partial charge in [0.15, 0.2) is 0 Å². The molecular weight excluding hydrogens is 314 g/mol. The zero-order chi connectivity index (χ0) is 15.9. The molecule has 1 atom stereocenters. The van der Waals surface area contributed by atoms with Crippen LogP contribution in [0.2, 0.25) is 0 Å². The first-order valence-electron chi connectivity index (χ1n) is 4.97. The Bertz CT molecular complexity index is 594. The number of methoxy groups -OCH3 is 1. The minimum Gasteiger partial charge on any atom is -0.495 e. The molecule has 1 rings (SSSR count). The summed E-state index contributed by atoms with van der Waals surface area (Å²) < 4.78 is 58.1. The molecule has 0 heterocycles. The maximum Gasteiger partial charge on any atom is 0.394 e. The number of hydrogen-bond acceptors (Lipinski definition) is 7. The van der Waals surface area contributed by atoms with Crippen molar-refractivity contribution in [2.24, 2.45) is 0 Å². The summed E-state index contributed by atoms with van der Waals surface area (Å²) in [5.74, 6) is 0.483. The Morgan fingerprint density at radius 2 is 1.85 bits per heavy atom. The van der Waals surface area contributed by atoms with E-state index in [1.165, 1.54) is 13.2 Å². The van der Waals surface area contributed by atoms with E-state index in [0.29, 0.717) is 17.0 Å². The van der Waals surface area contributed by atoms with Crippen molar-refractivity contribution in [2.75, 3.05) is 19.5 Å². The Hall–Kier alpha value is -1.40. The van der Waals surface area contributed by atoms with E-state index in [0.717, 1.165) is 0 Å². The van der Waals surface area contributed by atoms with Crippen LogP contribution >= 0.6 is 0 Å². The van der Waals surface area contributed by atoms with Gasteiger partial charge in [-0.15, -0.1) is 0 Å². The lowest BCUT2D eigenvalue weighted by Crippen LogP contribution is -2.06. The van der Waals surface area contributed by atoms with Gasteiger partial charge in [-0.05, 0) is 17.7 Å². The second kappa shape index (κ2) is 8.01. The van der Waals surface area contributed by atoms with Gasteiger partial charge in [-0.1, -0.05) is 6.07 Å². The molecule has 0 saturated carbocycles. The molecule has 0 saturated heterocycles. The van der Waals surface area contributed by atoms with Gasteiger partial charge in [0.05, 0.1) is 19.4 Å². The molecule has 0 radical (unpaired) electrons. The lowest BCUT2D eigenvalue weighted by molar-refractivity contribution is 0.293. The van der Waals surface area contributed by atoms with Gasteiger partial charge in [0.25, 0.3) is 0 Å². The van der Waals surface area contributed by atoms with Gasteiger partial charge >= 0.3 is 10.4 Å². The van der Waals surface area contributed by atoms with E-state index >= 15 is 0 Å². The normalized spacial score (nSPS) is 12.4. The molecule has 11 heteroatoms. The summed E-state index contributed by atoms with van der Waals surface area (Å²) in [6.07, 6.45) is 0. The fourth-order valence-electron chi connectivity index (χ4n) is 1.25. The van der Waals surface area contributed by atoms with Gasteiger partial charge in [0, 0.05) is 0 Å². The first-order chi connectivity index (χ1) is 9.10. The lowest BCUT2D eigenvalue weighted by atomic mass is 10.1. The minimum absolute atomic E-state index is 0.352. The van der Waals surface area contributed by atoms with E-state index in [-0.39, 0.29) is 0 Å². The fourth-order valence-corrected chi connectivity index (χ4v) is 1.79. The summed E-state index contributed by atoms with van der Waals surface area (Å²) in [6, 6.07) is 4.64. The quantitative estimate of drug-likeness (QED) is 0.272. The van der Waals surface area contributed by atoms with Crippen molar-refractivity contribution in [3.05, 3.63) is 23.8 Å². The third kappa shape index (κ3) is 7.25. The number of ether oxygens (including phenoxy) is 1. The monoisotopic (exact) mass is 329 g/mol. The molecule has 0 aliphatic heterocycles. The topological polar surface area (TPSA) is 164 Å². The molecule has 20 heavy (non-hydrogen) atoms. The van der Waals surface area contributed by atoms with Crippen molar-refractivity contribution in [1.29, 1.82) is 0 Å². The molecule has 116 valence electrons. The Morgan fingerprint density at radius 1 is 1.35 bits per heavy atom. The number of benzene rings is 1. The van der Waals surface area contributed by atoms with E-state index in [2.05, 4.69) is 0 Å². The van der Waals surface area contributed by atoms with E-state index < -0.39 is 33.0 Å². The van der Waals surface area contributed by atoms with Gasteiger partial charge in [-0.3, -0.25) is 9.11 Å². The summed E-state index contributed by atoms with van der Waals surface area (Å²) in [4.78, 5) is 0. The van der Waals surface area contributed by atoms with Crippen LogP contribution in [-0.4, -0.2) is 44.8 Å². The first-order valence-corrected chi connectivity index (χ1v) is 7.62. The van der Waals surface area contributed by atoms with Gasteiger partial charge in [0.2, 0.25) is 0 Å². The molecule has 1 unspecified atom stereocenters. The van der Waals surface area contributed by atoms with Gasteiger partial charge in [-0.2, -0.15) is 8.42 Å². The summed E-state index contributed by atoms with van der Waals surface area (Å²) >= 11 is 0. The summed E-state index contributed by atoms with van der Waals surface area (Å²) in [6.45, 7) is -0.454. The third-order valence-corrected chi connectivity index (χ3v) is 3.04. The van der Waals surface area contributed by atoms with Crippen LogP contribution in [0.5, 0.6) is 5.75 Å². The highest BCUT2D eigenvalue weighted by Gasteiger charge is 2.14. The van der Waals surface area contributed by atoms with Crippen LogP contribution in [0.4, 0.5) is 5.69 Å². The Labute approximate surface area is 117 Å². The van der Waals surface area contributed by atoms with Gasteiger partial charge in [-0.25, -0.2) is 8.42 Å². The lowest BCUT2D eigenvalue weighted by Gasteiger charge is -2.10. The van der Waals surface area contributed by atoms with Crippen LogP contribution in [0.1, 0.15) is 10.8 Å². The number of rotatable bonds is 4. The number of nitrogen functional groups attached to an aromatic ring is 1. The van der Waals surface area contributed by atoms with Crippen molar-refractivity contribution in [3.63, 3.8) is 0 Å². The molecule has 0 amide bonds. The molecule has 1 aromatic carbocycles. The van der Waals surface area contributed by atoms with Crippen LogP contribution in [-0.2, 0) is 21.1 Å². The maximum atomic E-state index is 10.8. The molecule has 0 aromatic heterocycles. The molecule has 0 aliphatic rings. The number of nitrogens with two attached hydrogens (primary N) is 1. The van der Waals surface area contributed by atoms with Crippen LogP contribution in [0.3, 0.4) is 0 Å². The molecule has 0 fully saturated rings. The largest absolute Gasteiger partial charge is 0.495 e. The van der Waals surface area contributed by atoms with Crippen molar-refractivity contribution >= 4 is 26.8 Å². The van der Waals surface area contributed by atoms with Crippen LogP contribution in [0.15, 0.2) is 18.2 Å².